The highest BCUT2D eigenvalue weighted by molar-refractivity contribution is 5.80. The van der Waals surface area contributed by atoms with Gasteiger partial charge in [-0.3, -0.25) is 0 Å². The molecular weight excluding hydrogens is 316 g/mol. The summed E-state index contributed by atoms with van der Waals surface area (Å²) in [7, 11) is 2.21. The second kappa shape index (κ2) is 5.77. The first-order valence-electron chi connectivity index (χ1n) is 9.22. The molecule has 0 amide bonds. The Morgan fingerprint density at radius 2 is 1.38 bits per heavy atom. The molecule has 0 saturated heterocycles. The Hall–Kier alpha value is -3.00. The summed E-state index contributed by atoms with van der Waals surface area (Å²) in [6.45, 7) is 2.34. The third kappa shape index (κ3) is 2.19. The number of rotatable bonds is 2. The molecule has 0 aromatic heterocycles. The summed E-state index contributed by atoms with van der Waals surface area (Å²) in [5.41, 5.74) is 7.88. The van der Waals surface area contributed by atoms with E-state index in [-0.39, 0.29) is 0 Å². The van der Waals surface area contributed by atoms with Crippen molar-refractivity contribution in [2.75, 3.05) is 11.9 Å². The summed E-state index contributed by atoms with van der Waals surface area (Å²) in [6, 6.07) is 28.2. The molecule has 0 N–H and O–H groups in total. The number of anilines is 1. The third-order valence-corrected chi connectivity index (χ3v) is 5.75. The minimum Gasteiger partial charge on any atom is -0.352 e. The van der Waals surface area contributed by atoms with Crippen LogP contribution in [-0.2, 0) is 0 Å². The minimum absolute atomic E-state index is 0.353. The molecule has 0 spiro atoms. The molecule has 2 aliphatic rings. The average molecular weight is 338 g/mol. The summed E-state index contributed by atoms with van der Waals surface area (Å²) in [5.74, 6) is 0.470. The fourth-order valence-electron chi connectivity index (χ4n) is 4.43. The molecule has 0 bridgehead atoms. The number of fused-ring (bicyclic) bond motifs is 3. The molecule has 0 aliphatic carbocycles. The second-order valence-corrected chi connectivity index (χ2v) is 7.24. The van der Waals surface area contributed by atoms with Gasteiger partial charge in [0.1, 0.15) is 6.17 Å². The lowest BCUT2D eigenvalue weighted by atomic mass is 9.97. The molecule has 0 fully saturated rings. The van der Waals surface area contributed by atoms with Crippen molar-refractivity contribution in [1.82, 2.24) is 4.90 Å². The van der Waals surface area contributed by atoms with E-state index in [4.69, 9.17) is 0 Å². The van der Waals surface area contributed by atoms with E-state index < -0.39 is 0 Å². The van der Waals surface area contributed by atoms with Crippen LogP contribution in [-0.4, -0.2) is 18.1 Å². The van der Waals surface area contributed by atoms with Crippen LogP contribution in [0.4, 0.5) is 5.69 Å². The van der Waals surface area contributed by atoms with Gasteiger partial charge in [-0.15, -0.1) is 0 Å². The van der Waals surface area contributed by atoms with Gasteiger partial charge < -0.3 is 9.80 Å². The molecule has 0 saturated carbocycles. The number of hydrogen-bond acceptors (Lipinski definition) is 2. The van der Waals surface area contributed by atoms with E-state index in [1.54, 1.807) is 0 Å². The molecule has 128 valence electrons. The van der Waals surface area contributed by atoms with E-state index >= 15 is 0 Å². The number of likely N-dealkylation sites (N-methyl/N-ethyl adjacent to an activating group) is 1. The molecular formula is C24H22N2. The Morgan fingerprint density at radius 3 is 2.08 bits per heavy atom. The van der Waals surface area contributed by atoms with E-state index in [9.17, 15) is 0 Å². The van der Waals surface area contributed by atoms with Gasteiger partial charge in [0.2, 0.25) is 0 Å². The Morgan fingerprint density at radius 1 is 0.731 bits per heavy atom. The number of hydrogen-bond donors (Lipinski definition) is 0. The maximum Gasteiger partial charge on any atom is 0.112 e. The van der Waals surface area contributed by atoms with E-state index in [1.165, 1.54) is 33.6 Å². The van der Waals surface area contributed by atoms with Crippen LogP contribution in [0.2, 0.25) is 0 Å². The highest BCUT2D eigenvalue weighted by Gasteiger charge is 2.42. The van der Waals surface area contributed by atoms with Gasteiger partial charge in [0.15, 0.2) is 0 Å². The zero-order chi connectivity index (χ0) is 17.7. The lowest BCUT2D eigenvalue weighted by Crippen LogP contribution is -2.36. The molecule has 3 aromatic carbocycles. The Labute approximate surface area is 155 Å². The van der Waals surface area contributed by atoms with E-state index in [0.29, 0.717) is 12.1 Å². The molecule has 2 unspecified atom stereocenters. The monoisotopic (exact) mass is 338 g/mol. The summed E-state index contributed by atoms with van der Waals surface area (Å²) in [4.78, 5) is 4.87. The van der Waals surface area contributed by atoms with Crippen molar-refractivity contribution in [2.45, 2.75) is 19.0 Å². The standard InChI is InChI=1S/C24H22N2/c1-17-21-14-13-20(18-9-5-3-6-10-18)15-22(21)26-16-23(25(2)24(17)26)19-11-7-4-8-12-19/h3-17,24H,1-2H3. The summed E-state index contributed by atoms with van der Waals surface area (Å²) in [6.07, 6.45) is 2.67. The molecule has 2 heterocycles. The first-order chi connectivity index (χ1) is 12.7. The van der Waals surface area contributed by atoms with Gasteiger partial charge in [-0.05, 0) is 28.3 Å². The van der Waals surface area contributed by atoms with Crippen molar-refractivity contribution in [3.8, 4) is 11.1 Å². The molecule has 2 heteroatoms. The van der Waals surface area contributed by atoms with Crippen molar-refractivity contribution in [3.63, 3.8) is 0 Å². The van der Waals surface area contributed by atoms with Crippen LogP contribution >= 0.6 is 0 Å². The lowest BCUT2D eigenvalue weighted by Gasteiger charge is -2.29. The molecule has 3 aromatic rings. The quantitative estimate of drug-likeness (QED) is 0.605. The van der Waals surface area contributed by atoms with Crippen molar-refractivity contribution in [3.05, 3.63) is 96.2 Å². The highest BCUT2D eigenvalue weighted by Crippen LogP contribution is 2.48. The molecule has 2 nitrogen and oxygen atoms in total. The van der Waals surface area contributed by atoms with Crippen molar-refractivity contribution < 1.29 is 0 Å². The van der Waals surface area contributed by atoms with Gasteiger partial charge in [0.05, 0.1) is 5.70 Å². The van der Waals surface area contributed by atoms with Gasteiger partial charge in [-0.2, -0.15) is 0 Å². The fourth-order valence-corrected chi connectivity index (χ4v) is 4.43. The molecule has 2 aliphatic heterocycles. The van der Waals surface area contributed by atoms with Crippen molar-refractivity contribution in [2.24, 2.45) is 0 Å². The van der Waals surface area contributed by atoms with Gasteiger partial charge in [-0.1, -0.05) is 79.7 Å². The first-order valence-corrected chi connectivity index (χ1v) is 9.22. The largest absolute Gasteiger partial charge is 0.352 e. The first kappa shape index (κ1) is 15.3. The summed E-state index contributed by atoms with van der Waals surface area (Å²) >= 11 is 0. The van der Waals surface area contributed by atoms with Crippen LogP contribution in [0.15, 0.2) is 85.1 Å². The van der Waals surface area contributed by atoms with Gasteiger partial charge in [0.25, 0.3) is 0 Å². The number of nitrogens with zero attached hydrogens (tertiary/aromatic N) is 2. The van der Waals surface area contributed by atoms with Crippen LogP contribution < -0.4 is 4.90 Å². The Balaban J connectivity index is 1.60. The van der Waals surface area contributed by atoms with Crippen molar-refractivity contribution >= 4 is 11.4 Å². The maximum atomic E-state index is 2.45. The predicted octanol–water partition coefficient (Wildman–Crippen LogP) is 5.55. The van der Waals surface area contributed by atoms with Crippen LogP contribution in [0.3, 0.4) is 0 Å². The van der Waals surface area contributed by atoms with Gasteiger partial charge in [-0.25, -0.2) is 0 Å². The maximum absolute atomic E-state index is 2.45. The van der Waals surface area contributed by atoms with Crippen molar-refractivity contribution in [1.29, 1.82) is 0 Å². The Bertz CT molecular complexity index is 976. The van der Waals surface area contributed by atoms with E-state index in [0.717, 1.165) is 0 Å². The van der Waals surface area contributed by atoms with Crippen LogP contribution in [0, 0.1) is 0 Å². The zero-order valence-corrected chi connectivity index (χ0v) is 15.1. The molecule has 0 radical (unpaired) electrons. The molecule has 26 heavy (non-hydrogen) atoms. The van der Waals surface area contributed by atoms with Crippen LogP contribution in [0.1, 0.15) is 24.0 Å². The van der Waals surface area contributed by atoms with E-state index in [2.05, 4.69) is 109 Å². The topological polar surface area (TPSA) is 6.48 Å². The van der Waals surface area contributed by atoms with Gasteiger partial charge in [0, 0.05) is 24.9 Å². The minimum atomic E-state index is 0.353. The fraction of sp³-hybridized carbons (Fsp3) is 0.167. The predicted molar refractivity (Wildman–Crippen MR) is 109 cm³/mol. The highest BCUT2D eigenvalue weighted by atomic mass is 15.4. The normalized spacial score (nSPS) is 20.8. The third-order valence-electron chi connectivity index (χ3n) is 5.75. The van der Waals surface area contributed by atoms with Gasteiger partial charge >= 0.3 is 0 Å². The van der Waals surface area contributed by atoms with Crippen LogP contribution in [0.5, 0.6) is 0 Å². The number of benzene rings is 3. The smallest absolute Gasteiger partial charge is 0.112 e. The Kier molecular flexibility index (Phi) is 3.39. The zero-order valence-electron chi connectivity index (χ0n) is 15.1. The lowest BCUT2D eigenvalue weighted by molar-refractivity contribution is 0.347. The SMILES string of the molecule is CC1c2ccc(-c3ccccc3)cc2N2C=C(c3ccccc3)N(C)C12. The van der Waals surface area contributed by atoms with E-state index in [1.807, 2.05) is 0 Å². The average Bonchev–Trinajstić information content (AvgIpc) is 3.18. The molecule has 5 rings (SSSR count). The second-order valence-electron chi connectivity index (χ2n) is 7.24. The molecule has 2 atom stereocenters. The van der Waals surface area contributed by atoms with Crippen LogP contribution in [0.25, 0.3) is 16.8 Å². The summed E-state index contributed by atoms with van der Waals surface area (Å²) in [5, 5.41) is 0. The summed E-state index contributed by atoms with van der Waals surface area (Å²) < 4.78 is 0.